The van der Waals surface area contributed by atoms with Crippen LogP contribution in [0.4, 0.5) is 0 Å². The second kappa shape index (κ2) is 9.30. The first-order valence-electron chi connectivity index (χ1n) is 10.7. The molecule has 0 spiro atoms. The van der Waals surface area contributed by atoms with E-state index in [1.54, 1.807) is 0 Å². The Morgan fingerprint density at radius 3 is 2.16 bits per heavy atom. The summed E-state index contributed by atoms with van der Waals surface area (Å²) >= 11 is 0. The van der Waals surface area contributed by atoms with Crippen LogP contribution >= 0.6 is 0 Å². The molecule has 5 nitrogen and oxygen atoms in total. The summed E-state index contributed by atoms with van der Waals surface area (Å²) in [5.41, 5.74) is 3.28. The Morgan fingerprint density at radius 1 is 0.844 bits per heavy atom. The van der Waals surface area contributed by atoms with Crippen molar-refractivity contribution in [1.29, 1.82) is 0 Å². The first-order valence-corrected chi connectivity index (χ1v) is 10.7. The molecule has 1 aromatic heterocycles. The highest BCUT2D eigenvalue weighted by atomic mass is 16.7. The van der Waals surface area contributed by atoms with E-state index in [-0.39, 0.29) is 12.4 Å². The van der Waals surface area contributed by atoms with Crippen LogP contribution in [-0.4, -0.2) is 30.6 Å². The van der Waals surface area contributed by atoms with Crippen LogP contribution in [0, 0.1) is 0 Å². The van der Waals surface area contributed by atoms with Gasteiger partial charge in [-0.1, -0.05) is 78.9 Å². The number of aromatic nitrogens is 1. The molecule has 0 atom stereocenters. The van der Waals surface area contributed by atoms with Gasteiger partial charge < -0.3 is 14.2 Å². The summed E-state index contributed by atoms with van der Waals surface area (Å²) in [6.45, 7) is 1.05. The molecule has 1 saturated heterocycles. The highest BCUT2D eigenvalue weighted by Crippen LogP contribution is 2.30. The van der Waals surface area contributed by atoms with Crippen LogP contribution in [0.25, 0.3) is 10.9 Å². The molecular weight excluding hydrogens is 402 g/mol. The van der Waals surface area contributed by atoms with Crippen LogP contribution in [-0.2, 0) is 14.3 Å². The van der Waals surface area contributed by atoms with Crippen LogP contribution in [0.15, 0.2) is 91.0 Å². The van der Waals surface area contributed by atoms with Gasteiger partial charge in [-0.05, 0) is 23.3 Å². The summed E-state index contributed by atoms with van der Waals surface area (Å²) in [6.07, 6.45) is -0.463. The first kappa shape index (κ1) is 20.4. The zero-order valence-electron chi connectivity index (χ0n) is 17.5. The molecule has 0 saturated carbocycles. The average Bonchev–Trinajstić information content (AvgIpc) is 3.39. The highest BCUT2D eigenvalue weighted by molar-refractivity contribution is 5.91. The van der Waals surface area contributed by atoms with Gasteiger partial charge in [-0.25, -0.2) is 4.98 Å². The normalized spacial score (nSPS) is 14.2. The maximum atomic E-state index is 13.3. The van der Waals surface area contributed by atoms with Gasteiger partial charge in [0.1, 0.15) is 17.9 Å². The molecule has 5 rings (SSSR count). The SMILES string of the molecule is O=C(COc1cccc2ccc(C3OCCO3)nc12)C(c1ccccc1)c1ccccc1. The number of ether oxygens (including phenoxy) is 3. The van der Waals surface area contributed by atoms with Gasteiger partial charge in [-0.2, -0.15) is 0 Å². The van der Waals surface area contributed by atoms with E-state index < -0.39 is 12.2 Å². The standard InChI is InChI=1S/C27H23NO4/c29-23(25(19-8-3-1-4-9-19)20-10-5-2-6-11-20)18-32-24-13-7-12-21-14-15-22(28-26(21)24)27-30-16-17-31-27/h1-15,25,27H,16-18H2. The number of benzene rings is 3. The number of para-hydroxylation sites is 1. The molecule has 1 fully saturated rings. The largest absolute Gasteiger partial charge is 0.484 e. The zero-order valence-corrected chi connectivity index (χ0v) is 17.5. The van der Waals surface area contributed by atoms with Crippen LogP contribution in [0.2, 0.25) is 0 Å². The molecule has 2 heterocycles. The summed E-state index contributed by atoms with van der Waals surface area (Å²) in [5.74, 6) is 0.157. The van der Waals surface area contributed by atoms with Crippen LogP contribution in [0.5, 0.6) is 5.75 Å². The number of fused-ring (bicyclic) bond motifs is 1. The molecule has 160 valence electrons. The molecule has 32 heavy (non-hydrogen) atoms. The minimum Gasteiger partial charge on any atom is -0.484 e. The molecule has 1 aliphatic heterocycles. The van der Waals surface area contributed by atoms with Crippen molar-refractivity contribution in [2.45, 2.75) is 12.2 Å². The van der Waals surface area contributed by atoms with Crippen molar-refractivity contribution in [1.82, 2.24) is 4.98 Å². The third-order valence-corrected chi connectivity index (χ3v) is 5.53. The maximum Gasteiger partial charge on any atom is 0.201 e. The fourth-order valence-corrected chi connectivity index (χ4v) is 4.00. The van der Waals surface area contributed by atoms with Crippen molar-refractivity contribution < 1.29 is 19.0 Å². The van der Waals surface area contributed by atoms with E-state index in [1.807, 2.05) is 91.0 Å². The van der Waals surface area contributed by atoms with E-state index in [4.69, 9.17) is 19.2 Å². The number of carbonyl (C=O) groups is 1. The average molecular weight is 425 g/mol. The predicted molar refractivity (Wildman–Crippen MR) is 122 cm³/mol. The molecule has 0 aliphatic carbocycles. The Balaban J connectivity index is 1.41. The van der Waals surface area contributed by atoms with Crippen molar-refractivity contribution in [3.8, 4) is 5.75 Å². The van der Waals surface area contributed by atoms with Crippen molar-refractivity contribution in [3.63, 3.8) is 0 Å². The predicted octanol–water partition coefficient (Wildman–Crippen LogP) is 5.06. The van der Waals surface area contributed by atoms with E-state index in [2.05, 4.69) is 0 Å². The van der Waals surface area contributed by atoms with Gasteiger partial charge >= 0.3 is 0 Å². The maximum absolute atomic E-state index is 13.3. The molecule has 0 radical (unpaired) electrons. The van der Waals surface area contributed by atoms with Crippen LogP contribution in [0.3, 0.4) is 0 Å². The van der Waals surface area contributed by atoms with Crippen LogP contribution in [0.1, 0.15) is 29.0 Å². The van der Waals surface area contributed by atoms with Crippen molar-refractivity contribution in [2.75, 3.05) is 19.8 Å². The van der Waals surface area contributed by atoms with Gasteiger partial charge in [-0.3, -0.25) is 4.79 Å². The number of pyridine rings is 1. The van der Waals surface area contributed by atoms with Gasteiger partial charge in [0.25, 0.3) is 0 Å². The summed E-state index contributed by atoms with van der Waals surface area (Å²) in [4.78, 5) is 18.1. The van der Waals surface area contributed by atoms with E-state index >= 15 is 0 Å². The number of hydrogen-bond donors (Lipinski definition) is 0. The fourth-order valence-electron chi connectivity index (χ4n) is 4.00. The fraction of sp³-hybridized carbons (Fsp3) is 0.185. The monoisotopic (exact) mass is 425 g/mol. The first-order chi connectivity index (χ1) is 15.8. The number of nitrogens with zero attached hydrogens (tertiary/aromatic N) is 1. The Morgan fingerprint density at radius 2 is 1.50 bits per heavy atom. The molecule has 3 aromatic carbocycles. The van der Waals surface area contributed by atoms with Gasteiger partial charge in [0, 0.05) is 5.39 Å². The third kappa shape index (κ3) is 4.26. The topological polar surface area (TPSA) is 57.7 Å². The molecular formula is C27H23NO4. The molecule has 5 heteroatoms. The second-order valence-electron chi connectivity index (χ2n) is 7.65. The minimum absolute atomic E-state index is 0.0157. The smallest absolute Gasteiger partial charge is 0.201 e. The van der Waals surface area contributed by atoms with Gasteiger partial charge in [0.15, 0.2) is 5.78 Å². The lowest BCUT2D eigenvalue weighted by atomic mass is 9.88. The Hall–Kier alpha value is -3.54. The van der Waals surface area contributed by atoms with Crippen molar-refractivity contribution in [2.24, 2.45) is 0 Å². The summed E-state index contributed by atoms with van der Waals surface area (Å²) < 4.78 is 17.2. The van der Waals surface area contributed by atoms with Gasteiger partial charge in [-0.15, -0.1) is 0 Å². The van der Waals surface area contributed by atoms with E-state index in [0.717, 1.165) is 16.5 Å². The lowest BCUT2D eigenvalue weighted by Crippen LogP contribution is -2.21. The summed E-state index contributed by atoms with van der Waals surface area (Å²) in [6, 6.07) is 29.2. The number of ketones is 1. The van der Waals surface area contributed by atoms with Crippen molar-refractivity contribution in [3.05, 3.63) is 108 Å². The van der Waals surface area contributed by atoms with E-state index in [1.165, 1.54) is 0 Å². The Labute approximate surface area is 186 Å². The third-order valence-electron chi connectivity index (χ3n) is 5.53. The van der Waals surface area contributed by atoms with Crippen LogP contribution < -0.4 is 4.74 Å². The number of carbonyl (C=O) groups excluding carboxylic acids is 1. The van der Waals surface area contributed by atoms with Gasteiger partial charge in [0.2, 0.25) is 6.29 Å². The Bertz CT molecular complexity index is 1160. The molecule has 0 N–H and O–H groups in total. The lowest BCUT2D eigenvalue weighted by molar-refractivity contribution is -0.121. The number of hydrogen-bond acceptors (Lipinski definition) is 5. The number of Topliss-reactive ketones (excluding diaryl/α,β-unsaturated/α-hetero) is 1. The lowest BCUT2D eigenvalue weighted by Gasteiger charge is -2.18. The van der Waals surface area contributed by atoms with E-state index in [0.29, 0.717) is 30.2 Å². The Kier molecular flexibility index (Phi) is 5.92. The number of rotatable bonds is 7. The molecule has 0 unspecified atom stereocenters. The highest BCUT2D eigenvalue weighted by Gasteiger charge is 2.24. The van der Waals surface area contributed by atoms with Gasteiger partial charge in [0.05, 0.1) is 24.8 Å². The van der Waals surface area contributed by atoms with E-state index in [9.17, 15) is 4.79 Å². The molecule has 1 aliphatic rings. The second-order valence-corrected chi connectivity index (χ2v) is 7.65. The molecule has 4 aromatic rings. The quantitative estimate of drug-likeness (QED) is 0.414. The zero-order chi connectivity index (χ0) is 21.8. The molecule has 0 amide bonds. The summed E-state index contributed by atoms with van der Waals surface area (Å²) in [7, 11) is 0. The van der Waals surface area contributed by atoms with Crippen molar-refractivity contribution >= 4 is 16.7 Å². The summed E-state index contributed by atoms with van der Waals surface area (Å²) in [5, 5.41) is 0.930. The minimum atomic E-state index is -0.463. The molecule has 0 bridgehead atoms.